The van der Waals surface area contributed by atoms with Crippen LogP contribution in [0, 0.1) is 11.3 Å². The quantitative estimate of drug-likeness (QED) is 0.835. The highest BCUT2D eigenvalue weighted by Crippen LogP contribution is 2.23. The molecule has 0 aromatic carbocycles. The Kier molecular flexibility index (Phi) is 6.82. The van der Waals surface area contributed by atoms with Crippen molar-refractivity contribution in [3.8, 4) is 6.07 Å². The summed E-state index contributed by atoms with van der Waals surface area (Å²) in [4.78, 5) is 22.7. The summed E-state index contributed by atoms with van der Waals surface area (Å²) < 4.78 is 0. The Balaban J connectivity index is 0.00000225. The molecule has 0 bridgehead atoms. The lowest BCUT2D eigenvalue weighted by Gasteiger charge is -2.30. The van der Waals surface area contributed by atoms with Gasteiger partial charge >= 0.3 is 0 Å². The van der Waals surface area contributed by atoms with E-state index in [0.29, 0.717) is 11.6 Å². The van der Waals surface area contributed by atoms with Crippen LogP contribution < -0.4 is 15.1 Å². The van der Waals surface area contributed by atoms with Gasteiger partial charge in [-0.3, -0.25) is 0 Å². The van der Waals surface area contributed by atoms with E-state index in [4.69, 9.17) is 10.2 Å². The molecule has 0 unspecified atom stereocenters. The van der Waals surface area contributed by atoms with E-state index in [9.17, 15) is 0 Å². The van der Waals surface area contributed by atoms with Crippen LogP contribution in [0.15, 0.2) is 18.3 Å². The van der Waals surface area contributed by atoms with Crippen LogP contribution in [0.5, 0.6) is 0 Å². The molecule has 2 aliphatic rings. The fourth-order valence-electron chi connectivity index (χ4n) is 3.54. The summed E-state index contributed by atoms with van der Waals surface area (Å²) in [6, 6.07) is 5.53. The van der Waals surface area contributed by atoms with Crippen LogP contribution in [-0.2, 0) is 0 Å². The maximum absolute atomic E-state index is 8.90. The average Bonchev–Trinajstić information content (AvgIpc) is 2.75. The number of piperidine rings is 2. The molecule has 0 saturated carbocycles. The maximum atomic E-state index is 8.90. The molecule has 0 radical (unpaired) electrons. The van der Waals surface area contributed by atoms with E-state index in [0.717, 1.165) is 43.8 Å². The van der Waals surface area contributed by atoms with E-state index in [2.05, 4.69) is 30.1 Å². The number of halogens is 1. The highest BCUT2D eigenvalue weighted by atomic mass is 35.5. The van der Waals surface area contributed by atoms with Gasteiger partial charge in [-0.1, -0.05) is 0 Å². The first kappa shape index (κ1) is 20.1. The third-order valence-corrected chi connectivity index (χ3v) is 5.02. The minimum Gasteiger partial charge on any atom is -0.341 e. The normalized spacial score (nSPS) is 16.8. The van der Waals surface area contributed by atoms with Crippen LogP contribution in [0.25, 0.3) is 0 Å². The zero-order chi connectivity index (χ0) is 18.5. The van der Waals surface area contributed by atoms with Crippen molar-refractivity contribution in [3.05, 3.63) is 24.0 Å². The minimum atomic E-state index is 0. The molecule has 148 valence electrons. The van der Waals surface area contributed by atoms with Gasteiger partial charge in [-0.2, -0.15) is 20.2 Å². The summed E-state index contributed by atoms with van der Waals surface area (Å²) in [5, 5.41) is 12.1. The standard InChI is InChI=1S/C19H24N8.ClH/c20-13-15-7-8-16(14-21-15)22-17-23-18(26-9-3-1-4-10-26)25-19(24-17)27-11-5-2-6-12-27;/h7-8,14H,1-6,9-12H2,(H,22,23,24,25);1H. The van der Waals surface area contributed by atoms with Crippen molar-refractivity contribution in [3.63, 3.8) is 0 Å². The topological polar surface area (TPSA) is 93.9 Å². The third-order valence-electron chi connectivity index (χ3n) is 5.02. The molecule has 0 spiro atoms. The van der Waals surface area contributed by atoms with E-state index in [-0.39, 0.29) is 12.4 Å². The Morgan fingerprint density at radius 3 is 1.86 bits per heavy atom. The SMILES string of the molecule is Cl.N#Cc1ccc(Nc2nc(N3CCCCC3)nc(N3CCCCC3)n2)cn1. The molecule has 2 aromatic heterocycles. The van der Waals surface area contributed by atoms with Crippen LogP contribution >= 0.6 is 12.4 Å². The van der Waals surface area contributed by atoms with Crippen molar-refractivity contribution in [1.82, 2.24) is 19.9 Å². The number of aromatic nitrogens is 4. The molecule has 0 amide bonds. The molecule has 2 aromatic rings. The molecule has 0 aliphatic carbocycles. The molecule has 2 fully saturated rings. The first-order valence-corrected chi connectivity index (χ1v) is 9.71. The van der Waals surface area contributed by atoms with Gasteiger partial charge in [0, 0.05) is 26.2 Å². The van der Waals surface area contributed by atoms with Crippen molar-refractivity contribution in [2.24, 2.45) is 0 Å². The highest BCUT2D eigenvalue weighted by molar-refractivity contribution is 5.85. The van der Waals surface area contributed by atoms with E-state index in [1.54, 1.807) is 12.3 Å². The fourth-order valence-corrected chi connectivity index (χ4v) is 3.54. The van der Waals surface area contributed by atoms with Crippen molar-refractivity contribution < 1.29 is 0 Å². The number of nitrogens with zero attached hydrogens (tertiary/aromatic N) is 7. The van der Waals surface area contributed by atoms with E-state index in [1.165, 1.54) is 38.5 Å². The monoisotopic (exact) mass is 400 g/mol. The summed E-state index contributed by atoms with van der Waals surface area (Å²) in [5.41, 5.74) is 1.15. The molecule has 8 nitrogen and oxygen atoms in total. The zero-order valence-electron chi connectivity index (χ0n) is 15.8. The number of nitriles is 1. The summed E-state index contributed by atoms with van der Waals surface area (Å²) >= 11 is 0. The van der Waals surface area contributed by atoms with E-state index >= 15 is 0 Å². The number of anilines is 4. The second-order valence-corrected chi connectivity index (χ2v) is 7.02. The lowest BCUT2D eigenvalue weighted by molar-refractivity contribution is 0.556. The Morgan fingerprint density at radius 1 is 0.821 bits per heavy atom. The summed E-state index contributed by atoms with van der Waals surface area (Å²) in [6.45, 7) is 3.95. The molecule has 2 saturated heterocycles. The maximum Gasteiger partial charge on any atom is 0.233 e. The van der Waals surface area contributed by atoms with Crippen LogP contribution in [0.2, 0.25) is 0 Å². The van der Waals surface area contributed by atoms with Crippen molar-refractivity contribution in [2.45, 2.75) is 38.5 Å². The molecule has 9 heteroatoms. The molecule has 2 aliphatic heterocycles. The molecule has 4 rings (SSSR count). The highest BCUT2D eigenvalue weighted by Gasteiger charge is 2.20. The van der Waals surface area contributed by atoms with Gasteiger partial charge in [0.25, 0.3) is 0 Å². The smallest absolute Gasteiger partial charge is 0.233 e. The number of nitrogens with one attached hydrogen (secondary N) is 1. The van der Waals surface area contributed by atoms with Gasteiger partial charge in [-0.25, -0.2) is 4.98 Å². The van der Waals surface area contributed by atoms with Gasteiger partial charge < -0.3 is 15.1 Å². The van der Waals surface area contributed by atoms with E-state index in [1.807, 2.05) is 12.1 Å². The Hall–Kier alpha value is -2.66. The zero-order valence-corrected chi connectivity index (χ0v) is 16.7. The van der Waals surface area contributed by atoms with Gasteiger partial charge in [-0.05, 0) is 50.7 Å². The molecule has 1 N–H and O–H groups in total. The third kappa shape index (κ3) is 4.78. The van der Waals surface area contributed by atoms with Gasteiger partial charge in [0.15, 0.2) is 0 Å². The number of rotatable bonds is 4. The first-order chi connectivity index (χ1) is 13.3. The van der Waals surface area contributed by atoms with Crippen molar-refractivity contribution in [2.75, 3.05) is 41.3 Å². The average molecular weight is 401 g/mol. The predicted molar refractivity (Wildman–Crippen MR) is 111 cm³/mol. The lowest BCUT2D eigenvalue weighted by Crippen LogP contribution is -2.34. The molecule has 4 heterocycles. The Labute approximate surface area is 171 Å². The van der Waals surface area contributed by atoms with Gasteiger partial charge in [0.2, 0.25) is 17.8 Å². The van der Waals surface area contributed by atoms with Gasteiger partial charge in [-0.15, -0.1) is 12.4 Å². The van der Waals surface area contributed by atoms with Crippen LogP contribution in [-0.4, -0.2) is 46.1 Å². The Bertz CT molecular complexity index is 771. The number of hydrogen-bond donors (Lipinski definition) is 1. The van der Waals surface area contributed by atoms with Crippen molar-refractivity contribution >= 4 is 35.9 Å². The molecule has 28 heavy (non-hydrogen) atoms. The van der Waals surface area contributed by atoms with Crippen LogP contribution in [0.4, 0.5) is 23.5 Å². The molecular formula is C19H25ClN8. The number of pyridine rings is 1. The summed E-state index contributed by atoms with van der Waals surface area (Å²) in [6.07, 6.45) is 8.86. The fraction of sp³-hybridized carbons (Fsp3) is 0.526. The lowest BCUT2D eigenvalue weighted by atomic mass is 10.1. The molecule has 0 atom stereocenters. The van der Waals surface area contributed by atoms with Crippen LogP contribution in [0.3, 0.4) is 0 Å². The van der Waals surface area contributed by atoms with Crippen LogP contribution in [0.1, 0.15) is 44.2 Å². The summed E-state index contributed by atoms with van der Waals surface area (Å²) in [7, 11) is 0. The Morgan fingerprint density at radius 2 is 1.39 bits per heavy atom. The summed E-state index contributed by atoms with van der Waals surface area (Å²) in [5.74, 6) is 2.02. The minimum absolute atomic E-state index is 0. The predicted octanol–water partition coefficient (Wildman–Crippen LogP) is 3.28. The van der Waals surface area contributed by atoms with Gasteiger partial charge in [0.05, 0.1) is 11.9 Å². The van der Waals surface area contributed by atoms with Gasteiger partial charge in [0.1, 0.15) is 11.8 Å². The molecular weight excluding hydrogens is 376 g/mol. The largest absolute Gasteiger partial charge is 0.341 e. The van der Waals surface area contributed by atoms with Crippen molar-refractivity contribution in [1.29, 1.82) is 5.26 Å². The number of hydrogen-bond acceptors (Lipinski definition) is 8. The second-order valence-electron chi connectivity index (χ2n) is 7.02. The first-order valence-electron chi connectivity index (χ1n) is 9.71. The second kappa shape index (κ2) is 9.51. The van der Waals surface area contributed by atoms with E-state index < -0.39 is 0 Å².